The molecule has 0 fully saturated rings. The minimum atomic E-state index is -1.22. The van der Waals surface area contributed by atoms with Gasteiger partial charge in [-0.25, -0.2) is 0 Å². The van der Waals surface area contributed by atoms with Crippen LogP contribution in [0.15, 0.2) is 30.3 Å². The Morgan fingerprint density at radius 3 is 2.08 bits per heavy atom. The van der Waals surface area contributed by atoms with E-state index in [2.05, 4.69) is 51.1 Å². The summed E-state index contributed by atoms with van der Waals surface area (Å²) in [5.74, 6) is 0. The van der Waals surface area contributed by atoms with Gasteiger partial charge in [-0.15, -0.1) is 0 Å². The Balaban J connectivity index is 0.00000144. The molecule has 1 radical (unpaired) electrons. The van der Waals surface area contributed by atoms with E-state index < -0.39 is 19.8 Å². The molecule has 0 aromatic heterocycles. The van der Waals surface area contributed by atoms with Crippen molar-refractivity contribution in [3.05, 3.63) is 30.3 Å². The monoisotopic (exact) mass is 287 g/mol. The van der Waals surface area contributed by atoms with Crippen LogP contribution in [0, 0.1) is 0 Å². The van der Waals surface area contributed by atoms with Crippen LogP contribution in [0.3, 0.4) is 0 Å². The van der Waals surface area contributed by atoms with Gasteiger partial charge in [-0.3, -0.25) is 0 Å². The SMILES string of the molecule is C[CH2][Sn]([c]1ccccc1)[CH](C)C.O. The van der Waals surface area contributed by atoms with E-state index in [1.165, 1.54) is 4.44 Å². The van der Waals surface area contributed by atoms with Gasteiger partial charge >= 0.3 is 82.8 Å². The second kappa shape index (κ2) is 6.44. The van der Waals surface area contributed by atoms with E-state index in [-0.39, 0.29) is 5.48 Å². The first-order valence-electron chi connectivity index (χ1n) is 4.66. The molecule has 0 saturated carbocycles. The van der Waals surface area contributed by atoms with Gasteiger partial charge in [0.25, 0.3) is 0 Å². The third-order valence-electron chi connectivity index (χ3n) is 2.22. The Hall–Kier alpha value is -0.0213. The van der Waals surface area contributed by atoms with Crippen molar-refractivity contribution in [2.24, 2.45) is 0 Å². The number of rotatable bonds is 3. The third kappa shape index (κ3) is 3.69. The summed E-state index contributed by atoms with van der Waals surface area (Å²) in [6.07, 6.45) is 0. The molecule has 0 saturated heterocycles. The fraction of sp³-hybridized carbons (Fsp3) is 0.455. The van der Waals surface area contributed by atoms with Gasteiger partial charge in [0.05, 0.1) is 0 Å². The number of benzene rings is 1. The van der Waals surface area contributed by atoms with Crippen LogP contribution in [0.2, 0.25) is 8.37 Å². The van der Waals surface area contributed by atoms with Crippen molar-refractivity contribution < 1.29 is 5.48 Å². The molecule has 1 aromatic carbocycles. The van der Waals surface area contributed by atoms with Crippen molar-refractivity contribution in [1.29, 1.82) is 0 Å². The van der Waals surface area contributed by atoms with Gasteiger partial charge < -0.3 is 5.48 Å². The summed E-state index contributed by atoms with van der Waals surface area (Å²) in [4.78, 5) is 0. The molecule has 1 nitrogen and oxygen atoms in total. The Bertz CT molecular complexity index is 221. The predicted octanol–water partition coefficient (Wildman–Crippen LogP) is 1.99. The molecular weight excluding hydrogens is 267 g/mol. The summed E-state index contributed by atoms with van der Waals surface area (Å²) in [5, 5.41) is 0. The van der Waals surface area contributed by atoms with Crippen molar-refractivity contribution in [3.8, 4) is 0 Å². The molecule has 0 spiro atoms. The van der Waals surface area contributed by atoms with E-state index in [0.717, 1.165) is 3.93 Å². The van der Waals surface area contributed by atoms with E-state index in [0.29, 0.717) is 0 Å². The average molecular weight is 286 g/mol. The van der Waals surface area contributed by atoms with Crippen LogP contribution in [0.25, 0.3) is 0 Å². The topological polar surface area (TPSA) is 31.5 Å². The summed E-state index contributed by atoms with van der Waals surface area (Å²) in [7, 11) is 0. The van der Waals surface area contributed by atoms with E-state index in [9.17, 15) is 0 Å². The fourth-order valence-electron chi connectivity index (χ4n) is 1.60. The Morgan fingerprint density at radius 1 is 1.15 bits per heavy atom. The van der Waals surface area contributed by atoms with Crippen LogP contribution in [-0.2, 0) is 0 Å². The normalized spacial score (nSPS) is 10.2. The molecule has 0 unspecified atom stereocenters. The smallest absolute Gasteiger partial charge is 0.412 e. The molecule has 73 valence electrons. The van der Waals surface area contributed by atoms with Crippen LogP contribution < -0.4 is 3.58 Å². The molecule has 0 aliphatic rings. The van der Waals surface area contributed by atoms with Crippen LogP contribution in [-0.4, -0.2) is 25.2 Å². The standard InChI is InChI=1S/C6H5.C3H7.C2H5.H2O.Sn/c1-2-4-6-5-3-1;1-3-2;1-2;;/h1-5H;3H,1-2H3;1H2,2H3;1H2;. The molecular formula is C11H19OSn. The molecule has 13 heavy (non-hydrogen) atoms. The van der Waals surface area contributed by atoms with Crippen molar-refractivity contribution >= 4 is 23.3 Å². The largest absolute Gasteiger partial charge is 0.412 e. The maximum absolute atomic E-state index is 2.38. The molecule has 2 N–H and O–H groups in total. The summed E-state index contributed by atoms with van der Waals surface area (Å²) in [6.45, 7) is 7.11. The molecule has 0 bridgehead atoms. The quantitative estimate of drug-likeness (QED) is 0.761. The molecule has 0 aliphatic heterocycles. The fourth-order valence-corrected chi connectivity index (χ4v) is 8.77. The molecule has 0 heterocycles. The van der Waals surface area contributed by atoms with Crippen LogP contribution in [0.1, 0.15) is 20.8 Å². The molecule has 0 aliphatic carbocycles. The zero-order chi connectivity index (χ0) is 8.97. The maximum Gasteiger partial charge on any atom is -0.412 e. The van der Waals surface area contributed by atoms with E-state index in [1.54, 1.807) is 3.58 Å². The van der Waals surface area contributed by atoms with Gasteiger partial charge in [0.2, 0.25) is 0 Å². The predicted molar refractivity (Wildman–Crippen MR) is 61.0 cm³/mol. The Labute approximate surface area is 88.2 Å². The van der Waals surface area contributed by atoms with Gasteiger partial charge in [0.15, 0.2) is 0 Å². The summed E-state index contributed by atoms with van der Waals surface area (Å²) in [6, 6.07) is 11.1. The first kappa shape index (κ1) is 13.0. The van der Waals surface area contributed by atoms with E-state index in [1.807, 2.05) is 0 Å². The van der Waals surface area contributed by atoms with Crippen molar-refractivity contribution in [2.75, 3.05) is 0 Å². The Kier molecular flexibility index (Phi) is 6.42. The van der Waals surface area contributed by atoms with E-state index >= 15 is 0 Å². The molecule has 1 rings (SSSR count). The van der Waals surface area contributed by atoms with Gasteiger partial charge in [0, 0.05) is 0 Å². The van der Waals surface area contributed by atoms with Gasteiger partial charge in [0.1, 0.15) is 0 Å². The number of hydrogen-bond acceptors (Lipinski definition) is 0. The minimum absolute atomic E-state index is 0. The molecule has 1 aromatic rings. The first-order valence-corrected chi connectivity index (χ1v) is 9.76. The second-order valence-corrected chi connectivity index (χ2v) is 13.4. The molecule has 2 heteroatoms. The summed E-state index contributed by atoms with van der Waals surface area (Å²) >= 11 is -1.22. The van der Waals surface area contributed by atoms with Crippen LogP contribution >= 0.6 is 0 Å². The zero-order valence-corrected chi connectivity index (χ0v) is 11.5. The van der Waals surface area contributed by atoms with Gasteiger partial charge in [-0.2, -0.15) is 0 Å². The van der Waals surface area contributed by atoms with Crippen molar-refractivity contribution in [1.82, 2.24) is 0 Å². The first-order chi connectivity index (χ1) is 5.75. The third-order valence-corrected chi connectivity index (χ3v) is 11.4. The summed E-state index contributed by atoms with van der Waals surface area (Å²) in [5.41, 5.74) is 0. The Morgan fingerprint density at radius 2 is 1.69 bits per heavy atom. The number of hydrogen-bond donors (Lipinski definition) is 0. The van der Waals surface area contributed by atoms with Gasteiger partial charge in [-0.05, 0) is 0 Å². The van der Waals surface area contributed by atoms with E-state index in [4.69, 9.17) is 0 Å². The average Bonchev–Trinajstić information content (AvgIpc) is 2.07. The second-order valence-electron chi connectivity index (χ2n) is 3.40. The maximum atomic E-state index is 2.38. The minimum Gasteiger partial charge on any atom is -0.412 e. The van der Waals surface area contributed by atoms with Crippen molar-refractivity contribution in [2.45, 2.75) is 29.1 Å². The van der Waals surface area contributed by atoms with Gasteiger partial charge in [-0.1, -0.05) is 0 Å². The summed E-state index contributed by atoms with van der Waals surface area (Å²) < 4.78 is 4.06. The van der Waals surface area contributed by atoms with Crippen molar-refractivity contribution in [3.63, 3.8) is 0 Å². The zero-order valence-electron chi connectivity index (χ0n) is 8.67. The molecule has 0 amide bonds. The van der Waals surface area contributed by atoms with Crippen LogP contribution in [0.5, 0.6) is 0 Å². The molecule has 0 atom stereocenters. The van der Waals surface area contributed by atoms with Crippen LogP contribution in [0.4, 0.5) is 0 Å².